The van der Waals surface area contributed by atoms with E-state index in [0.29, 0.717) is 5.82 Å². The minimum Gasteiger partial charge on any atom is -0.354 e. The van der Waals surface area contributed by atoms with Crippen LogP contribution in [0.3, 0.4) is 0 Å². The van der Waals surface area contributed by atoms with Gasteiger partial charge in [0.15, 0.2) is 5.82 Å². The van der Waals surface area contributed by atoms with Crippen LogP contribution in [0.5, 0.6) is 0 Å². The number of aromatic nitrogens is 3. The molecule has 1 aliphatic rings. The quantitative estimate of drug-likeness (QED) is 0.853. The third-order valence-electron chi connectivity index (χ3n) is 4.20. The molecule has 0 amide bonds. The molecular weight excluding hydrogens is 286 g/mol. The normalized spacial score (nSPS) is 16.6. The van der Waals surface area contributed by atoms with Gasteiger partial charge in [-0.15, -0.1) is 0 Å². The molecule has 122 valence electrons. The van der Waals surface area contributed by atoms with Gasteiger partial charge in [0, 0.05) is 43.9 Å². The van der Waals surface area contributed by atoms with Crippen molar-refractivity contribution < 1.29 is 0 Å². The molecule has 0 spiro atoms. The first-order valence-corrected chi connectivity index (χ1v) is 8.18. The number of rotatable bonds is 2. The van der Waals surface area contributed by atoms with Crippen molar-refractivity contribution in [3.05, 3.63) is 36.2 Å². The summed E-state index contributed by atoms with van der Waals surface area (Å²) in [6, 6.07) is 8.00. The van der Waals surface area contributed by atoms with Gasteiger partial charge < -0.3 is 9.80 Å². The lowest BCUT2D eigenvalue weighted by molar-refractivity contribution is 0.312. The summed E-state index contributed by atoms with van der Waals surface area (Å²) >= 11 is 0. The van der Waals surface area contributed by atoms with E-state index in [-0.39, 0.29) is 5.41 Å². The van der Waals surface area contributed by atoms with Gasteiger partial charge in [0.05, 0.1) is 5.69 Å². The highest BCUT2D eigenvalue weighted by atomic mass is 15.3. The largest absolute Gasteiger partial charge is 0.354 e. The van der Waals surface area contributed by atoms with E-state index >= 15 is 0 Å². The number of hydrogen-bond donors (Lipinski definition) is 0. The molecule has 1 aliphatic heterocycles. The minimum atomic E-state index is -0.0200. The monoisotopic (exact) mass is 311 g/mol. The molecule has 3 rings (SSSR count). The van der Waals surface area contributed by atoms with Crippen molar-refractivity contribution in [2.45, 2.75) is 26.2 Å². The summed E-state index contributed by atoms with van der Waals surface area (Å²) in [5, 5.41) is 0. The van der Waals surface area contributed by atoms with E-state index in [1.165, 1.54) is 0 Å². The maximum Gasteiger partial charge on any atom is 0.180 e. The zero-order chi connectivity index (χ0) is 16.4. The maximum absolute atomic E-state index is 4.80. The molecule has 0 saturated carbocycles. The average Bonchev–Trinajstić information content (AvgIpc) is 2.55. The first kappa shape index (κ1) is 15.9. The molecular formula is C18H25N5. The second-order valence-corrected chi connectivity index (χ2v) is 7.19. The van der Waals surface area contributed by atoms with Gasteiger partial charge in [-0.1, -0.05) is 26.8 Å². The Hall–Kier alpha value is -2.01. The maximum atomic E-state index is 4.80. The third-order valence-corrected chi connectivity index (χ3v) is 4.20. The molecule has 0 aromatic carbocycles. The van der Waals surface area contributed by atoms with Crippen molar-refractivity contribution in [1.29, 1.82) is 0 Å². The Morgan fingerprint density at radius 1 is 1.00 bits per heavy atom. The third kappa shape index (κ3) is 3.67. The lowest BCUT2D eigenvalue weighted by Crippen LogP contribution is -2.45. The number of anilines is 1. The van der Waals surface area contributed by atoms with Crippen LogP contribution in [0.1, 0.15) is 26.5 Å². The fourth-order valence-corrected chi connectivity index (χ4v) is 2.63. The summed E-state index contributed by atoms with van der Waals surface area (Å²) in [7, 11) is 2.16. The topological polar surface area (TPSA) is 45.2 Å². The molecule has 0 bridgehead atoms. The molecule has 1 fully saturated rings. The summed E-state index contributed by atoms with van der Waals surface area (Å²) in [5.41, 5.74) is 1.87. The van der Waals surface area contributed by atoms with Crippen molar-refractivity contribution in [3.8, 4) is 11.5 Å². The van der Waals surface area contributed by atoms with Crippen LogP contribution in [0.4, 0.5) is 5.82 Å². The molecule has 2 aromatic rings. The van der Waals surface area contributed by atoms with E-state index in [4.69, 9.17) is 9.97 Å². The van der Waals surface area contributed by atoms with E-state index in [9.17, 15) is 0 Å². The van der Waals surface area contributed by atoms with Crippen LogP contribution in [0.15, 0.2) is 30.5 Å². The molecule has 0 aliphatic carbocycles. The van der Waals surface area contributed by atoms with Gasteiger partial charge in [0.2, 0.25) is 0 Å². The first-order chi connectivity index (χ1) is 10.9. The van der Waals surface area contributed by atoms with E-state index in [2.05, 4.69) is 48.7 Å². The highest BCUT2D eigenvalue weighted by Gasteiger charge is 2.22. The highest BCUT2D eigenvalue weighted by molar-refractivity contribution is 5.54. The Morgan fingerprint density at radius 2 is 1.74 bits per heavy atom. The molecule has 0 unspecified atom stereocenters. The zero-order valence-corrected chi connectivity index (χ0v) is 14.5. The van der Waals surface area contributed by atoms with Gasteiger partial charge in [-0.05, 0) is 19.2 Å². The molecule has 0 N–H and O–H groups in total. The fraction of sp³-hybridized carbons (Fsp3) is 0.500. The van der Waals surface area contributed by atoms with Crippen LogP contribution in [0.2, 0.25) is 0 Å². The van der Waals surface area contributed by atoms with E-state index in [1.807, 2.05) is 18.2 Å². The second-order valence-electron chi connectivity index (χ2n) is 7.19. The average molecular weight is 311 g/mol. The Morgan fingerprint density at radius 3 is 2.35 bits per heavy atom. The van der Waals surface area contributed by atoms with Crippen LogP contribution in [0, 0.1) is 0 Å². The molecule has 2 aromatic heterocycles. The van der Waals surface area contributed by atoms with Gasteiger partial charge in [-0.25, -0.2) is 9.97 Å². The molecule has 3 heterocycles. The molecule has 5 nitrogen and oxygen atoms in total. The van der Waals surface area contributed by atoms with Crippen molar-refractivity contribution in [2.75, 3.05) is 38.1 Å². The number of piperazine rings is 1. The minimum absolute atomic E-state index is 0.0200. The van der Waals surface area contributed by atoms with Gasteiger partial charge >= 0.3 is 0 Å². The van der Waals surface area contributed by atoms with Crippen LogP contribution in [-0.2, 0) is 5.41 Å². The Kier molecular flexibility index (Phi) is 4.31. The predicted octanol–water partition coefficient (Wildman–Crippen LogP) is 2.59. The van der Waals surface area contributed by atoms with Crippen molar-refractivity contribution >= 4 is 5.82 Å². The van der Waals surface area contributed by atoms with Crippen LogP contribution < -0.4 is 4.90 Å². The summed E-state index contributed by atoms with van der Waals surface area (Å²) in [4.78, 5) is 18.7. The summed E-state index contributed by atoms with van der Waals surface area (Å²) in [5.74, 6) is 1.73. The number of nitrogens with zero attached hydrogens (tertiary/aromatic N) is 5. The first-order valence-electron chi connectivity index (χ1n) is 8.18. The summed E-state index contributed by atoms with van der Waals surface area (Å²) in [6.45, 7) is 10.7. The van der Waals surface area contributed by atoms with Gasteiger partial charge in [-0.3, -0.25) is 4.98 Å². The molecule has 0 radical (unpaired) electrons. The molecule has 0 atom stereocenters. The predicted molar refractivity (Wildman–Crippen MR) is 93.7 cm³/mol. The Balaban J connectivity index is 2.02. The number of hydrogen-bond acceptors (Lipinski definition) is 5. The standard InChI is InChI=1S/C18H25N5/c1-18(2,3)15-13-16(23-11-9-22(4)10-12-23)21-17(20-15)14-7-5-6-8-19-14/h5-8,13H,9-12H2,1-4H3. The van der Waals surface area contributed by atoms with E-state index in [1.54, 1.807) is 6.20 Å². The molecule has 5 heteroatoms. The summed E-state index contributed by atoms with van der Waals surface area (Å²) < 4.78 is 0. The van der Waals surface area contributed by atoms with Gasteiger partial charge in [0.25, 0.3) is 0 Å². The lowest BCUT2D eigenvalue weighted by atomic mass is 9.91. The Labute approximate surface area is 138 Å². The smallest absolute Gasteiger partial charge is 0.180 e. The van der Waals surface area contributed by atoms with E-state index in [0.717, 1.165) is 43.4 Å². The van der Waals surface area contributed by atoms with Crippen molar-refractivity contribution in [1.82, 2.24) is 19.9 Å². The Bertz CT molecular complexity index is 655. The van der Waals surface area contributed by atoms with Crippen molar-refractivity contribution in [2.24, 2.45) is 0 Å². The molecule has 23 heavy (non-hydrogen) atoms. The molecule has 1 saturated heterocycles. The highest BCUT2D eigenvalue weighted by Crippen LogP contribution is 2.27. The lowest BCUT2D eigenvalue weighted by Gasteiger charge is -2.34. The zero-order valence-electron chi connectivity index (χ0n) is 14.5. The van der Waals surface area contributed by atoms with Crippen LogP contribution in [0.25, 0.3) is 11.5 Å². The second kappa shape index (κ2) is 6.24. The van der Waals surface area contributed by atoms with Gasteiger partial charge in [0.1, 0.15) is 11.5 Å². The van der Waals surface area contributed by atoms with Crippen LogP contribution in [-0.4, -0.2) is 53.1 Å². The SMILES string of the molecule is CN1CCN(c2cc(C(C)(C)C)nc(-c3ccccn3)n2)CC1. The fourth-order valence-electron chi connectivity index (χ4n) is 2.63. The van der Waals surface area contributed by atoms with Crippen LogP contribution >= 0.6 is 0 Å². The number of likely N-dealkylation sites (N-methyl/N-ethyl adjacent to an activating group) is 1. The number of pyridine rings is 1. The van der Waals surface area contributed by atoms with Crippen molar-refractivity contribution in [3.63, 3.8) is 0 Å². The van der Waals surface area contributed by atoms with E-state index < -0.39 is 0 Å². The van der Waals surface area contributed by atoms with Gasteiger partial charge in [-0.2, -0.15) is 0 Å². The summed E-state index contributed by atoms with van der Waals surface area (Å²) in [6.07, 6.45) is 1.79.